The van der Waals surface area contributed by atoms with Crippen molar-refractivity contribution < 1.29 is 19.4 Å². The molecule has 24 heavy (non-hydrogen) atoms. The first kappa shape index (κ1) is 18.4. The molecule has 0 aromatic heterocycles. The molecule has 1 aliphatic heterocycles. The Morgan fingerprint density at radius 3 is 2.17 bits per heavy atom. The summed E-state index contributed by atoms with van der Waals surface area (Å²) in [6.07, 6.45) is 0. The molecule has 6 heteroatoms. The number of imide groups is 1. The van der Waals surface area contributed by atoms with E-state index in [1.54, 1.807) is 4.90 Å². The summed E-state index contributed by atoms with van der Waals surface area (Å²) in [6.45, 7) is 11.1. The summed E-state index contributed by atoms with van der Waals surface area (Å²) in [4.78, 5) is 26.5. The second kappa shape index (κ2) is 8.26. The Hall–Kier alpha value is -1.92. The van der Waals surface area contributed by atoms with E-state index in [1.807, 2.05) is 26.8 Å². The van der Waals surface area contributed by atoms with Crippen molar-refractivity contribution in [2.75, 3.05) is 32.7 Å². The molecule has 4 N–H and O–H groups in total. The van der Waals surface area contributed by atoms with Crippen LogP contribution in [0.2, 0.25) is 0 Å². The maximum absolute atomic E-state index is 12.0. The van der Waals surface area contributed by atoms with Crippen molar-refractivity contribution in [2.24, 2.45) is 0 Å². The maximum Gasteiger partial charge on any atom is 0.322 e. The van der Waals surface area contributed by atoms with Gasteiger partial charge in [0.2, 0.25) is 0 Å². The first-order valence-corrected chi connectivity index (χ1v) is 8.65. The van der Waals surface area contributed by atoms with Gasteiger partial charge in [-0.15, -0.1) is 0 Å². The highest BCUT2D eigenvalue weighted by atomic mass is 16.2. The SMILES string of the molecule is CC(C)(C)NC(=O)NC(=O)C[NH+]1CC[NH+](Cc2ccccc2)CC1. The van der Waals surface area contributed by atoms with E-state index in [9.17, 15) is 9.59 Å². The number of carbonyl (C=O) groups excluding carboxylic acids is 2. The zero-order chi connectivity index (χ0) is 17.6. The van der Waals surface area contributed by atoms with E-state index >= 15 is 0 Å². The van der Waals surface area contributed by atoms with Crippen molar-refractivity contribution in [3.05, 3.63) is 35.9 Å². The third-order valence-electron chi connectivity index (χ3n) is 4.11. The van der Waals surface area contributed by atoms with Gasteiger partial charge in [-0.05, 0) is 20.8 Å². The van der Waals surface area contributed by atoms with Gasteiger partial charge in [0.1, 0.15) is 32.7 Å². The molecule has 6 nitrogen and oxygen atoms in total. The largest absolute Gasteiger partial charge is 0.333 e. The van der Waals surface area contributed by atoms with Gasteiger partial charge in [-0.1, -0.05) is 30.3 Å². The summed E-state index contributed by atoms with van der Waals surface area (Å²) in [5, 5.41) is 5.16. The third-order valence-corrected chi connectivity index (χ3v) is 4.11. The topological polar surface area (TPSA) is 67.1 Å². The Balaban J connectivity index is 1.69. The molecule has 1 aromatic carbocycles. The van der Waals surface area contributed by atoms with Crippen molar-refractivity contribution in [2.45, 2.75) is 32.9 Å². The summed E-state index contributed by atoms with van der Waals surface area (Å²) in [5.74, 6) is -0.210. The molecular weight excluding hydrogens is 304 g/mol. The number of carbonyl (C=O) groups is 2. The molecule has 0 bridgehead atoms. The quantitative estimate of drug-likeness (QED) is 0.547. The molecular formula is C18H30N4O2+2. The fourth-order valence-corrected chi connectivity index (χ4v) is 2.96. The van der Waals surface area contributed by atoms with Gasteiger partial charge in [0.15, 0.2) is 6.54 Å². The van der Waals surface area contributed by atoms with Crippen LogP contribution in [-0.2, 0) is 11.3 Å². The standard InChI is InChI=1S/C18H28N4O2/c1-18(2,3)20-17(24)19-16(23)14-22-11-9-21(10-12-22)13-15-7-5-4-6-8-15/h4-8H,9-14H2,1-3H3,(H2,19,20,23,24)/p+2. The normalized spacial score (nSPS) is 21.1. The number of rotatable bonds is 4. The number of urea groups is 1. The van der Waals surface area contributed by atoms with Gasteiger partial charge in [-0.3, -0.25) is 10.1 Å². The van der Waals surface area contributed by atoms with Crippen molar-refractivity contribution in [1.82, 2.24) is 10.6 Å². The van der Waals surface area contributed by atoms with E-state index in [1.165, 1.54) is 10.5 Å². The van der Waals surface area contributed by atoms with Gasteiger partial charge in [0.25, 0.3) is 5.91 Å². The highest BCUT2D eigenvalue weighted by Gasteiger charge is 2.25. The molecule has 1 aromatic rings. The molecule has 0 spiro atoms. The molecule has 2 rings (SSSR count). The van der Waals surface area contributed by atoms with Gasteiger partial charge in [0.05, 0.1) is 0 Å². The number of nitrogens with one attached hydrogen (secondary N) is 4. The number of quaternary nitrogens is 2. The van der Waals surface area contributed by atoms with Crippen LogP contribution in [0, 0.1) is 0 Å². The van der Waals surface area contributed by atoms with Gasteiger partial charge in [0, 0.05) is 11.1 Å². The Kier molecular flexibility index (Phi) is 6.34. The molecule has 132 valence electrons. The second-order valence-electron chi connectivity index (χ2n) is 7.59. The zero-order valence-electron chi connectivity index (χ0n) is 14.9. The molecule has 0 saturated carbocycles. The summed E-state index contributed by atoms with van der Waals surface area (Å²) in [6, 6.07) is 10.1. The third kappa shape index (κ3) is 6.68. The Labute approximate surface area is 144 Å². The molecule has 0 radical (unpaired) electrons. The van der Waals surface area contributed by atoms with Crippen molar-refractivity contribution in [3.63, 3.8) is 0 Å². The van der Waals surface area contributed by atoms with E-state index < -0.39 is 6.03 Å². The van der Waals surface area contributed by atoms with Crippen molar-refractivity contribution >= 4 is 11.9 Å². The lowest BCUT2D eigenvalue weighted by atomic mass is 10.1. The lowest BCUT2D eigenvalue weighted by Crippen LogP contribution is -3.28. The summed E-state index contributed by atoms with van der Waals surface area (Å²) in [5.41, 5.74) is 1.01. The molecule has 3 amide bonds. The fourth-order valence-electron chi connectivity index (χ4n) is 2.96. The molecule has 1 fully saturated rings. The van der Waals surface area contributed by atoms with E-state index in [-0.39, 0.29) is 11.4 Å². The lowest BCUT2D eigenvalue weighted by molar-refractivity contribution is -1.02. The van der Waals surface area contributed by atoms with Gasteiger partial charge >= 0.3 is 6.03 Å². The van der Waals surface area contributed by atoms with Crippen LogP contribution in [-0.4, -0.2) is 50.2 Å². The average molecular weight is 334 g/mol. The summed E-state index contributed by atoms with van der Waals surface area (Å²) in [7, 11) is 0. The molecule has 0 atom stereocenters. The first-order chi connectivity index (χ1) is 11.3. The van der Waals surface area contributed by atoms with Crippen LogP contribution in [0.1, 0.15) is 26.3 Å². The summed E-state index contributed by atoms with van der Waals surface area (Å²) < 4.78 is 0. The predicted molar refractivity (Wildman–Crippen MR) is 92.8 cm³/mol. The smallest absolute Gasteiger partial charge is 0.322 e. The van der Waals surface area contributed by atoms with Crippen LogP contribution in [0.15, 0.2) is 30.3 Å². The van der Waals surface area contributed by atoms with Crippen LogP contribution >= 0.6 is 0 Å². The number of hydrogen-bond acceptors (Lipinski definition) is 2. The van der Waals surface area contributed by atoms with Crippen LogP contribution in [0.25, 0.3) is 0 Å². The first-order valence-electron chi connectivity index (χ1n) is 8.65. The minimum Gasteiger partial charge on any atom is -0.333 e. The van der Waals surface area contributed by atoms with E-state index in [0.29, 0.717) is 6.54 Å². The minimum atomic E-state index is -0.416. The predicted octanol–water partition coefficient (Wildman–Crippen LogP) is -1.41. The second-order valence-corrected chi connectivity index (χ2v) is 7.59. The van der Waals surface area contributed by atoms with Crippen molar-refractivity contribution in [1.29, 1.82) is 0 Å². The lowest BCUT2D eigenvalue weighted by Gasteiger charge is -2.29. The molecule has 1 heterocycles. The van der Waals surface area contributed by atoms with Gasteiger partial charge < -0.3 is 15.1 Å². The number of piperazine rings is 1. The number of hydrogen-bond donors (Lipinski definition) is 4. The molecule has 0 unspecified atom stereocenters. The number of amides is 3. The van der Waals surface area contributed by atoms with E-state index in [4.69, 9.17) is 0 Å². The zero-order valence-corrected chi connectivity index (χ0v) is 14.9. The Morgan fingerprint density at radius 2 is 1.58 bits per heavy atom. The Morgan fingerprint density at radius 1 is 1.00 bits per heavy atom. The highest BCUT2D eigenvalue weighted by Crippen LogP contribution is 1.97. The van der Waals surface area contributed by atoms with Crippen LogP contribution in [0.5, 0.6) is 0 Å². The van der Waals surface area contributed by atoms with Crippen LogP contribution in [0.3, 0.4) is 0 Å². The highest BCUT2D eigenvalue weighted by molar-refractivity contribution is 5.94. The molecule has 1 saturated heterocycles. The van der Waals surface area contributed by atoms with Crippen LogP contribution < -0.4 is 20.4 Å². The maximum atomic E-state index is 12.0. The van der Waals surface area contributed by atoms with Gasteiger partial charge in [-0.25, -0.2) is 4.79 Å². The minimum absolute atomic E-state index is 0.210. The van der Waals surface area contributed by atoms with Crippen LogP contribution in [0.4, 0.5) is 4.79 Å². The van der Waals surface area contributed by atoms with E-state index in [2.05, 4.69) is 34.9 Å². The molecule has 0 aliphatic carbocycles. The van der Waals surface area contributed by atoms with Gasteiger partial charge in [-0.2, -0.15) is 0 Å². The fraction of sp³-hybridized carbons (Fsp3) is 0.556. The summed E-state index contributed by atoms with van der Waals surface area (Å²) >= 11 is 0. The Bertz CT molecular complexity index is 546. The van der Waals surface area contributed by atoms with Crippen molar-refractivity contribution in [3.8, 4) is 0 Å². The monoisotopic (exact) mass is 334 g/mol. The van der Waals surface area contributed by atoms with E-state index in [0.717, 1.165) is 32.7 Å². The average Bonchev–Trinajstić information content (AvgIpc) is 2.48. The molecule has 1 aliphatic rings. The number of benzene rings is 1.